The first-order chi connectivity index (χ1) is 14.0. The highest BCUT2D eigenvalue weighted by Crippen LogP contribution is 2.39. The van der Waals surface area contributed by atoms with Gasteiger partial charge in [-0.15, -0.1) is 0 Å². The number of phenols is 1. The van der Waals surface area contributed by atoms with Gasteiger partial charge in [-0.05, 0) is 38.1 Å². The fourth-order valence-corrected chi connectivity index (χ4v) is 3.62. The molecular weight excluding hydrogens is 370 g/mol. The average Bonchev–Trinajstić information content (AvgIpc) is 3.31. The van der Waals surface area contributed by atoms with Crippen molar-refractivity contribution in [2.75, 3.05) is 5.01 Å². The van der Waals surface area contributed by atoms with Crippen molar-refractivity contribution in [3.63, 3.8) is 0 Å². The van der Waals surface area contributed by atoms with Gasteiger partial charge < -0.3 is 5.11 Å². The van der Waals surface area contributed by atoms with Gasteiger partial charge in [0.25, 0.3) is 5.69 Å². The highest BCUT2D eigenvalue weighted by molar-refractivity contribution is 6.05. The molecule has 0 amide bonds. The molecule has 1 N–H and O–H groups in total. The summed E-state index contributed by atoms with van der Waals surface area (Å²) < 4.78 is 1.89. The molecule has 2 heterocycles. The average molecular weight is 391 g/mol. The summed E-state index contributed by atoms with van der Waals surface area (Å²) in [6.07, 6.45) is 2.60. The van der Waals surface area contributed by atoms with E-state index in [4.69, 9.17) is 5.10 Å². The number of anilines is 1. The molecular formula is C21H21N5O3. The van der Waals surface area contributed by atoms with E-state index in [1.54, 1.807) is 24.3 Å². The van der Waals surface area contributed by atoms with Crippen molar-refractivity contribution in [2.24, 2.45) is 5.10 Å². The van der Waals surface area contributed by atoms with Crippen LogP contribution in [0.1, 0.15) is 36.2 Å². The summed E-state index contributed by atoms with van der Waals surface area (Å²) in [6.45, 7) is 4.76. The number of rotatable bonds is 5. The molecule has 0 spiro atoms. The summed E-state index contributed by atoms with van der Waals surface area (Å²) in [6, 6.07) is 13.3. The van der Waals surface area contributed by atoms with E-state index in [0.29, 0.717) is 12.0 Å². The van der Waals surface area contributed by atoms with Crippen LogP contribution in [0.2, 0.25) is 0 Å². The monoisotopic (exact) mass is 391 g/mol. The molecule has 1 aromatic heterocycles. The Bertz CT molecular complexity index is 1090. The number of phenolic OH excluding ortho intramolecular Hbond substituents is 1. The Hall–Kier alpha value is -3.68. The van der Waals surface area contributed by atoms with E-state index < -0.39 is 4.92 Å². The lowest BCUT2D eigenvalue weighted by Gasteiger charge is -2.23. The van der Waals surface area contributed by atoms with Gasteiger partial charge in [0.1, 0.15) is 5.75 Å². The van der Waals surface area contributed by atoms with Gasteiger partial charge in [0.05, 0.1) is 28.1 Å². The largest absolute Gasteiger partial charge is 0.507 e. The molecule has 0 fully saturated rings. The van der Waals surface area contributed by atoms with Gasteiger partial charge >= 0.3 is 0 Å². The molecule has 29 heavy (non-hydrogen) atoms. The summed E-state index contributed by atoms with van der Waals surface area (Å²) >= 11 is 0. The van der Waals surface area contributed by atoms with Gasteiger partial charge in [0.2, 0.25) is 0 Å². The molecule has 2 aromatic carbocycles. The Morgan fingerprint density at radius 2 is 1.93 bits per heavy atom. The zero-order chi connectivity index (χ0) is 20.5. The number of para-hydroxylation sites is 1. The van der Waals surface area contributed by atoms with Crippen LogP contribution in [0.4, 0.5) is 11.4 Å². The molecule has 1 aliphatic rings. The third kappa shape index (κ3) is 3.44. The van der Waals surface area contributed by atoms with E-state index in [1.165, 1.54) is 12.1 Å². The molecule has 0 saturated carbocycles. The fraction of sp³-hybridized carbons (Fsp3) is 0.238. The molecule has 1 atom stereocenters. The van der Waals surface area contributed by atoms with E-state index >= 15 is 0 Å². The number of non-ortho nitro benzene ring substituents is 1. The molecule has 0 aliphatic carbocycles. The highest BCUT2D eigenvalue weighted by Gasteiger charge is 2.33. The van der Waals surface area contributed by atoms with Gasteiger partial charge in [-0.2, -0.15) is 10.2 Å². The Balaban J connectivity index is 1.78. The predicted octanol–water partition coefficient (Wildman–Crippen LogP) is 4.18. The Morgan fingerprint density at radius 1 is 1.21 bits per heavy atom. The van der Waals surface area contributed by atoms with Crippen LogP contribution >= 0.6 is 0 Å². The molecule has 0 saturated heterocycles. The summed E-state index contributed by atoms with van der Waals surface area (Å²) in [5.41, 5.74) is 4.17. The maximum atomic E-state index is 11.0. The van der Waals surface area contributed by atoms with E-state index in [-0.39, 0.29) is 17.5 Å². The van der Waals surface area contributed by atoms with Crippen LogP contribution in [0, 0.1) is 17.0 Å². The highest BCUT2D eigenvalue weighted by atomic mass is 16.6. The number of aromatic nitrogens is 2. The number of aryl methyl sites for hydroxylation is 2. The van der Waals surface area contributed by atoms with Crippen molar-refractivity contribution >= 4 is 17.1 Å². The van der Waals surface area contributed by atoms with E-state index in [0.717, 1.165) is 29.2 Å². The van der Waals surface area contributed by atoms with Crippen LogP contribution in [-0.4, -0.2) is 25.5 Å². The topological polar surface area (TPSA) is 96.8 Å². The second-order valence-corrected chi connectivity index (χ2v) is 6.93. The first kappa shape index (κ1) is 18.7. The van der Waals surface area contributed by atoms with E-state index in [9.17, 15) is 15.2 Å². The molecule has 0 bridgehead atoms. The minimum atomic E-state index is -0.419. The number of hydrogen-bond acceptors (Lipinski definition) is 6. The normalized spacial score (nSPS) is 16.1. The summed E-state index contributed by atoms with van der Waals surface area (Å²) in [5.74, 6) is 0.177. The third-order valence-electron chi connectivity index (χ3n) is 5.12. The molecule has 8 heteroatoms. The van der Waals surface area contributed by atoms with E-state index in [1.807, 2.05) is 41.9 Å². The Kier molecular flexibility index (Phi) is 4.75. The third-order valence-corrected chi connectivity index (χ3v) is 5.12. The number of hydrazone groups is 1. The molecule has 1 aliphatic heterocycles. The van der Waals surface area contributed by atoms with Gasteiger partial charge in [0.15, 0.2) is 0 Å². The molecule has 4 rings (SSSR count). The van der Waals surface area contributed by atoms with Crippen LogP contribution in [0.15, 0.2) is 59.8 Å². The van der Waals surface area contributed by atoms with Crippen molar-refractivity contribution in [3.8, 4) is 5.75 Å². The summed E-state index contributed by atoms with van der Waals surface area (Å²) in [4.78, 5) is 10.6. The Morgan fingerprint density at radius 3 is 2.55 bits per heavy atom. The lowest BCUT2D eigenvalue weighted by Crippen LogP contribution is -2.18. The van der Waals surface area contributed by atoms with Crippen molar-refractivity contribution < 1.29 is 10.0 Å². The van der Waals surface area contributed by atoms with Gasteiger partial charge in [-0.25, -0.2) is 0 Å². The second-order valence-electron chi connectivity index (χ2n) is 6.93. The minimum absolute atomic E-state index is 0.0318. The summed E-state index contributed by atoms with van der Waals surface area (Å²) in [7, 11) is 0. The summed E-state index contributed by atoms with van der Waals surface area (Å²) in [5, 5.41) is 32.5. The second kappa shape index (κ2) is 7.38. The van der Waals surface area contributed by atoms with Crippen molar-refractivity contribution in [1.82, 2.24) is 9.78 Å². The lowest BCUT2D eigenvalue weighted by atomic mass is 9.98. The van der Waals surface area contributed by atoms with Gasteiger partial charge in [-0.3, -0.25) is 19.8 Å². The maximum Gasteiger partial charge on any atom is 0.269 e. The lowest BCUT2D eigenvalue weighted by molar-refractivity contribution is -0.384. The number of nitro groups is 1. The standard InChI is InChI=1S/C21H21N5O3/c1-3-24-13-18(14(2)22-24)20-12-19(17-6-4-5-7-21(17)27)23-25(20)15-8-10-16(11-9-15)26(28)29/h4-11,13,20,27H,3,12H2,1-2H3/t20-/m1/s1. The maximum absolute atomic E-state index is 11.0. The molecule has 0 radical (unpaired) electrons. The van der Waals surface area contributed by atoms with Gasteiger partial charge in [0, 0.05) is 42.4 Å². The number of aromatic hydroxyl groups is 1. The zero-order valence-electron chi connectivity index (χ0n) is 16.2. The van der Waals surface area contributed by atoms with Crippen molar-refractivity contribution in [2.45, 2.75) is 32.9 Å². The molecule has 148 valence electrons. The van der Waals surface area contributed by atoms with E-state index in [2.05, 4.69) is 5.10 Å². The van der Waals surface area contributed by atoms with Crippen LogP contribution < -0.4 is 5.01 Å². The molecule has 0 unspecified atom stereocenters. The fourth-order valence-electron chi connectivity index (χ4n) is 3.62. The van der Waals surface area contributed by atoms with Crippen molar-refractivity contribution in [3.05, 3.63) is 81.7 Å². The predicted molar refractivity (Wildman–Crippen MR) is 110 cm³/mol. The quantitative estimate of drug-likeness (QED) is 0.520. The molecule has 3 aromatic rings. The molecule has 8 nitrogen and oxygen atoms in total. The van der Waals surface area contributed by atoms with Gasteiger partial charge in [-0.1, -0.05) is 12.1 Å². The zero-order valence-corrected chi connectivity index (χ0v) is 16.2. The number of nitrogens with zero attached hydrogens (tertiary/aromatic N) is 5. The van der Waals surface area contributed by atoms with Crippen LogP contribution in [0.5, 0.6) is 5.75 Å². The van der Waals surface area contributed by atoms with Crippen LogP contribution in [0.3, 0.4) is 0 Å². The number of nitro benzene ring substituents is 1. The SMILES string of the molecule is CCn1cc([C@H]2CC(c3ccccc3O)=NN2c2ccc([N+](=O)[O-])cc2)c(C)n1. The number of hydrogen-bond donors (Lipinski definition) is 1. The minimum Gasteiger partial charge on any atom is -0.507 e. The van der Waals surface area contributed by atoms with Crippen molar-refractivity contribution in [1.29, 1.82) is 0 Å². The first-order valence-electron chi connectivity index (χ1n) is 9.41. The number of benzene rings is 2. The Labute approximate surface area is 167 Å². The van der Waals surface area contributed by atoms with Crippen LogP contribution in [-0.2, 0) is 6.54 Å². The smallest absolute Gasteiger partial charge is 0.269 e. The van der Waals surface area contributed by atoms with Crippen LogP contribution in [0.25, 0.3) is 0 Å². The first-order valence-corrected chi connectivity index (χ1v) is 9.41.